The number of halogens is 3. The first-order valence-corrected chi connectivity index (χ1v) is 13.2. The van der Waals surface area contributed by atoms with E-state index in [0.717, 1.165) is 20.7 Å². The van der Waals surface area contributed by atoms with Crippen LogP contribution in [0.2, 0.25) is 10.0 Å². The normalized spacial score (nSPS) is 12.8. The molecule has 0 saturated carbocycles. The van der Waals surface area contributed by atoms with Gasteiger partial charge in [-0.1, -0.05) is 29.3 Å². The summed E-state index contributed by atoms with van der Waals surface area (Å²) in [4.78, 5) is 27.9. The van der Waals surface area contributed by atoms with Gasteiger partial charge in [-0.25, -0.2) is 8.70 Å². The van der Waals surface area contributed by atoms with Crippen LogP contribution in [-0.2, 0) is 26.3 Å². The van der Waals surface area contributed by atoms with Gasteiger partial charge in [-0.2, -0.15) is 12.7 Å². The van der Waals surface area contributed by atoms with E-state index in [-0.39, 0.29) is 17.3 Å². The van der Waals surface area contributed by atoms with E-state index in [9.17, 15) is 22.4 Å². The Morgan fingerprint density at radius 2 is 1.61 bits per heavy atom. The lowest BCUT2D eigenvalue weighted by Crippen LogP contribution is -2.54. The number of nitrogens with zero attached hydrogens (tertiary/aromatic N) is 3. The number of hydrogen-bond acceptors (Lipinski definition) is 4. The van der Waals surface area contributed by atoms with Crippen molar-refractivity contribution in [3.8, 4) is 0 Å². The number of nitrogens with one attached hydrogen (secondary N) is 1. The summed E-state index contributed by atoms with van der Waals surface area (Å²) in [7, 11) is -1.49. The van der Waals surface area contributed by atoms with E-state index in [1.165, 1.54) is 31.1 Å². The summed E-state index contributed by atoms with van der Waals surface area (Å²) in [5, 5.41) is 3.44. The first kappa shape index (κ1) is 29.8. The number of carbonyl (C=O) groups excluding carboxylic acids is 2. The Hall–Kier alpha value is -2.40. The fraction of sp³-hybridized carbons (Fsp3) is 0.417. The molecule has 198 valence electrons. The highest BCUT2D eigenvalue weighted by atomic mass is 35.5. The van der Waals surface area contributed by atoms with Gasteiger partial charge in [0.2, 0.25) is 11.8 Å². The fourth-order valence-corrected chi connectivity index (χ4v) is 4.59. The predicted octanol–water partition coefficient (Wildman–Crippen LogP) is 4.08. The van der Waals surface area contributed by atoms with Crippen LogP contribution in [0.3, 0.4) is 0 Å². The lowest BCUT2D eigenvalue weighted by atomic mass is 10.1. The van der Waals surface area contributed by atoms with Crippen LogP contribution in [0.25, 0.3) is 0 Å². The molecule has 2 aromatic carbocycles. The van der Waals surface area contributed by atoms with Crippen LogP contribution in [0.5, 0.6) is 0 Å². The second-order valence-electron chi connectivity index (χ2n) is 9.46. The van der Waals surface area contributed by atoms with Crippen molar-refractivity contribution in [2.75, 3.05) is 24.9 Å². The monoisotopic (exact) mass is 560 g/mol. The number of anilines is 1. The molecule has 0 unspecified atom stereocenters. The molecular weight excluding hydrogens is 530 g/mol. The van der Waals surface area contributed by atoms with E-state index in [4.69, 9.17) is 23.2 Å². The van der Waals surface area contributed by atoms with Crippen molar-refractivity contribution in [3.63, 3.8) is 0 Å². The van der Waals surface area contributed by atoms with Gasteiger partial charge in [-0.15, -0.1) is 0 Å². The molecular formula is C24H31Cl2FN4O4S. The lowest BCUT2D eigenvalue weighted by Gasteiger charge is -2.34. The summed E-state index contributed by atoms with van der Waals surface area (Å²) in [5.41, 5.74) is 0.134. The van der Waals surface area contributed by atoms with Gasteiger partial charge < -0.3 is 10.2 Å². The number of benzene rings is 2. The van der Waals surface area contributed by atoms with E-state index in [0.29, 0.717) is 10.6 Å². The number of rotatable bonds is 9. The maximum atomic E-state index is 13.6. The first-order chi connectivity index (χ1) is 16.5. The molecule has 12 heteroatoms. The third-order valence-corrected chi connectivity index (χ3v) is 7.69. The molecule has 2 amide bonds. The van der Waals surface area contributed by atoms with E-state index >= 15 is 0 Å². The zero-order chi connectivity index (χ0) is 27.4. The van der Waals surface area contributed by atoms with Crippen molar-refractivity contribution < 1.29 is 22.4 Å². The van der Waals surface area contributed by atoms with Crippen LogP contribution >= 0.6 is 23.2 Å². The Morgan fingerprint density at radius 3 is 2.11 bits per heavy atom. The van der Waals surface area contributed by atoms with Crippen LogP contribution in [0, 0.1) is 5.82 Å². The minimum absolute atomic E-state index is 0.0340. The molecule has 0 aliphatic heterocycles. The smallest absolute Gasteiger partial charge is 0.304 e. The minimum Gasteiger partial charge on any atom is -0.350 e. The molecule has 1 N–H and O–H groups in total. The predicted molar refractivity (Wildman–Crippen MR) is 141 cm³/mol. The van der Waals surface area contributed by atoms with Gasteiger partial charge in [-0.05, 0) is 69.7 Å². The van der Waals surface area contributed by atoms with Crippen LogP contribution < -0.4 is 9.62 Å². The lowest BCUT2D eigenvalue weighted by molar-refractivity contribution is -0.140. The quantitative estimate of drug-likeness (QED) is 0.500. The van der Waals surface area contributed by atoms with Crippen molar-refractivity contribution in [1.29, 1.82) is 0 Å². The Kier molecular flexibility index (Phi) is 9.75. The first-order valence-electron chi connectivity index (χ1n) is 11.0. The summed E-state index contributed by atoms with van der Waals surface area (Å²) in [6.07, 6.45) is 0. The highest BCUT2D eigenvalue weighted by molar-refractivity contribution is 7.90. The molecule has 2 rings (SSSR count). The highest BCUT2D eigenvalue weighted by Crippen LogP contribution is 2.25. The molecule has 0 saturated heterocycles. The molecule has 8 nitrogen and oxygen atoms in total. The summed E-state index contributed by atoms with van der Waals surface area (Å²) in [5.74, 6) is -1.62. The Morgan fingerprint density at radius 1 is 1.03 bits per heavy atom. The highest BCUT2D eigenvalue weighted by Gasteiger charge is 2.33. The Bertz CT molecular complexity index is 1200. The van der Waals surface area contributed by atoms with E-state index < -0.39 is 46.0 Å². The molecule has 36 heavy (non-hydrogen) atoms. The molecule has 0 radical (unpaired) electrons. The van der Waals surface area contributed by atoms with Crippen molar-refractivity contribution in [1.82, 2.24) is 14.5 Å². The summed E-state index contributed by atoms with van der Waals surface area (Å²) in [6.45, 7) is 6.32. The zero-order valence-corrected chi connectivity index (χ0v) is 23.4. The zero-order valence-electron chi connectivity index (χ0n) is 21.0. The van der Waals surface area contributed by atoms with Crippen molar-refractivity contribution in [2.45, 2.75) is 45.8 Å². The molecule has 0 heterocycles. The van der Waals surface area contributed by atoms with Crippen LogP contribution in [0.4, 0.5) is 10.1 Å². The maximum absolute atomic E-state index is 13.6. The summed E-state index contributed by atoms with van der Waals surface area (Å²) >= 11 is 12.2. The second kappa shape index (κ2) is 11.8. The molecule has 0 bridgehead atoms. The molecule has 1 atom stereocenters. The third-order valence-electron chi connectivity index (χ3n) is 5.14. The largest absolute Gasteiger partial charge is 0.350 e. The third kappa shape index (κ3) is 7.80. The fourth-order valence-electron chi connectivity index (χ4n) is 3.22. The van der Waals surface area contributed by atoms with Crippen molar-refractivity contribution in [2.24, 2.45) is 0 Å². The SMILES string of the molecule is C[C@H](C(=O)NC(C)(C)C)N(Cc1ccc(Cl)c(Cl)c1)C(=O)CN(c1ccc(F)cc1)S(=O)(=O)N(C)C. The Balaban J connectivity index is 2.48. The summed E-state index contributed by atoms with van der Waals surface area (Å²) in [6, 6.07) is 8.59. The van der Waals surface area contributed by atoms with Gasteiger partial charge >= 0.3 is 10.2 Å². The average molecular weight is 562 g/mol. The van der Waals surface area contributed by atoms with Crippen LogP contribution in [-0.4, -0.2) is 61.7 Å². The average Bonchev–Trinajstić information content (AvgIpc) is 2.77. The van der Waals surface area contributed by atoms with Gasteiger partial charge in [0.25, 0.3) is 0 Å². The van der Waals surface area contributed by atoms with Crippen LogP contribution in [0.1, 0.15) is 33.3 Å². The van der Waals surface area contributed by atoms with Gasteiger partial charge in [0.15, 0.2) is 0 Å². The number of carbonyl (C=O) groups is 2. The molecule has 0 spiro atoms. The van der Waals surface area contributed by atoms with E-state index in [1.54, 1.807) is 25.1 Å². The van der Waals surface area contributed by atoms with Crippen molar-refractivity contribution >= 4 is 50.9 Å². The van der Waals surface area contributed by atoms with Gasteiger partial charge in [-0.3, -0.25) is 9.59 Å². The van der Waals surface area contributed by atoms with Gasteiger partial charge in [0.05, 0.1) is 15.7 Å². The molecule has 0 aliphatic carbocycles. The summed E-state index contributed by atoms with van der Waals surface area (Å²) < 4.78 is 41.5. The molecule has 0 fully saturated rings. The standard InChI is InChI=1S/C24H31Cl2FN4O4S/c1-16(23(33)28-24(2,3)4)30(14-17-7-12-20(25)21(26)13-17)22(32)15-31(36(34,35)29(5)6)19-10-8-18(27)9-11-19/h7-13,16H,14-15H2,1-6H3,(H,28,33)/t16-/m1/s1. The Labute approximate surface area is 222 Å². The number of hydrogen-bond donors (Lipinski definition) is 1. The van der Waals surface area contributed by atoms with Crippen LogP contribution in [0.15, 0.2) is 42.5 Å². The topological polar surface area (TPSA) is 90.0 Å². The van der Waals surface area contributed by atoms with Crippen molar-refractivity contribution in [3.05, 3.63) is 63.9 Å². The molecule has 0 aliphatic rings. The minimum atomic E-state index is -4.14. The van der Waals surface area contributed by atoms with Gasteiger partial charge in [0.1, 0.15) is 18.4 Å². The number of amides is 2. The van der Waals surface area contributed by atoms with E-state index in [1.807, 2.05) is 20.8 Å². The van der Waals surface area contributed by atoms with E-state index in [2.05, 4.69) is 5.32 Å². The maximum Gasteiger partial charge on any atom is 0.304 e. The molecule has 2 aromatic rings. The second-order valence-corrected chi connectivity index (χ2v) is 12.3. The van der Waals surface area contributed by atoms with Gasteiger partial charge in [0, 0.05) is 26.2 Å². The molecule has 0 aromatic heterocycles.